The summed E-state index contributed by atoms with van der Waals surface area (Å²) in [6.45, 7) is 0. The van der Waals surface area contributed by atoms with Gasteiger partial charge in [-0.05, 0) is 19.3 Å². The van der Waals surface area contributed by atoms with Gasteiger partial charge in [0.15, 0.2) is 0 Å². The topological polar surface area (TPSA) is 29.1 Å². The van der Waals surface area contributed by atoms with Gasteiger partial charge in [0.1, 0.15) is 6.17 Å². The molecule has 1 amide bonds. The molecule has 2 atom stereocenters. The van der Waals surface area contributed by atoms with Crippen LogP contribution in [0.25, 0.3) is 0 Å². The molecule has 0 aromatic heterocycles. The third-order valence-corrected chi connectivity index (χ3v) is 3.22. The van der Waals surface area contributed by atoms with Gasteiger partial charge in [-0.25, -0.2) is 13.2 Å². The van der Waals surface area contributed by atoms with Crippen LogP contribution in [0.3, 0.4) is 0 Å². The van der Waals surface area contributed by atoms with Crippen LogP contribution in [-0.2, 0) is 4.79 Å². The Morgan fingerprint density at radius 1 is 1.27 bits per heavy atom. The first-order valence-electron chi connectivity index (χ1n) is 5.30. The lowest BCUT2D eigenvalue weighted by atomic mass is 9.80. The molecule has 2 nitrogen and oxygen atoms in total. The first-order chi connectivity index (χ1) is 6.98. The van der Waals surface area contributed by atoms with Gasteiger partial charge in [0, 0.05) is 18.8 Å². The third kappa shape index (κ3) is 2.26. The maximum atomic E-state index is 13.1. The van der Waals surface area contributed by atoms with E-state index in [2.05, 4.69) is 5.32 Å². The average Bonchev–Trinajstić information content (AvgIpc) is 2.47. The highest BCUT2D eigenvalue weighted by Gasteiger charge is 2.49. The molecule has 5 heteroatoms. The number of carbonyl (C=O) groups excluding carboxylic acids is 1. The standard InChI is InChI=1S/C10H14F3NO/c11-7-2-1-3-8(7)14-9(15)6-4-10(12,13)5-6/h6-8H,1-5H2,(H,14,15)/t7-,8-/m1/s1. The maximum Gasteiger partial charge on any atom is 0.249 e. The van der Waals surface area contributed by atoms with Gasteiger partial charge in [0.05, 0.1) is 6.04 Å². The summed E-state index contributed by atoms with van der Waals surface area (Å²) in [5.41, 5.74) is 0. The molecule has 0 radical (unpaired) electrons. The number of hydrogen-bond acceptors (Lipinski definition) is 1. The molecular formula is C10H14F3NO. The Kier molecular flexibility index (Phi) is 2.64. The number of carbonyl (C=O) groups is 1. The van der Waals surface area contributed by atoms with Crippen LogP contribution in [-0.4, -0.2) is 24.0 Å². The Labute approximate surface area is 86.2 Å². The molecule has 0 bridgehead atoms. The lowest BCUT2D eigenvalue weighted by Gasteiger charge is -2.34. The molecule has 0 unspecified atom stereocenters. The third-order valence-electron chi connectivity index (χ3n) is 3.22. The summed E-state index contributed by atoms with van der Waals surface area (Å²) >= 11 is 0. The molecule has 0 spiro atoms. The van der Waals surface area contributed by atoms with Crippen LogP contribution in [0.15, 0.2) is 0 Å². The van der Waals surface area contributed by atoms with E-state index in [1.807, 2.05) is 0 Å². The van der Waals surface area contributed by atoms with Crippen LogP contribution in [0, 0.1) is 5.92 Å². The van der Waals surface area contributed by atoms with Crippen LogP contribution in [0.2, 0.25) is 0 Å². The molecule has 2 aliphatic rings. The molecule has 0 heterocycles. The van der Waals surface area contributed by atoms with Crippen molar-refractivity contribution in [3.8, 4) is 0 Å². The Bertz CT molecular complexity index is 261. The lowest BCUT2D eigenvalue weighted by molar-refractivity contribution is -0.151. The summed E-state index contributed by atoms with van der Waals surface area (Å²) in [4.78, 5) is 11.4. The van der Waals surface area contributed by atoms with E-state index < -0.39 is 30.0 Å². The molecule has 86 valence electrons. The minimum absolute atomic E-state index is 0.386. The molecule has 0 aromatic rings. The minimum atomic E-state index is -2.69. The number of nitrogens with one attached hydrogen (secondary N) is 1. The van der Waals surface area contributed by atoms with Crippen molar-refractivity contribution in [3.63, 3.8) is 0 Å². The van der Waals surface area contributed by atoms with E-state index in [4.69, 9.17) is 0 Å². The zero-order valence-electron chi connectivity index (χ0n) is 8.31. The molecule has 2 saturated carbocycles. The van der Waals surface area contributed by atoms with Gasteiger partial charge in [0.25, 0.3) is 0 Å². The molecule has 15 heavy (non-hydrogen) atoms. The molecule has 0 aliphatic heterocycles. The van der Waals surface area contributed by atoms with Crippen LogP contribution in [0.4, 0.5) is 13.2 Å². The van der Waals surface area contributed by atoms with Crippen molar-refractivity contribution in [2.24, 2.45) is 5.92 Å². The predicted octanol–water partition coefficient (Wildman–Crippen LogP) is 2.04. The minimum Gasteiger partial charge on any atom is -0.350 e. The van der Waals surface area contributed by atoms with Gasteiger partial charge in [0.2, 0.25) is 11.8 Å². The number of hydrogen-bond donors (Lipinski definition) is 1. The molecule has 0 saturated heterocycles. The van der Waals surface area contributed by atoms with Crippen molar-refractivity contribution in [1.82, 2.24) is 5.32 Å². The molecule has 0 aromatic carbocycles. The van der Waals surface area contributed by atoms with Gasteiger partial charge >= 0.3 is 0 Å². The molecule has 2 fully saturated rings. The average molecular weight is 221 g/mol. The molecule has 2 rings (SSSR count). The van der Waals surface area contributed by atoms with E-state index in [-0.39, 0.29) is 12.8 Å². The van der Waals surface area contributed by atoms with Crippen molar-refractivity contribution in [1.29, 1.82) is 0 Å². The van der Waals surface area contributed by atoms with E-state index in [0.29, 0.717) is 12.8 Å². The zero-order chi connectivity index (χ0) is 11.1. The second kappa shape index (κ2) is 3.68. The van der Waals surface area contributed by atoms with Crippen LogP contribution >= 0.6 is 0 Å². The smallest absolute Gasteiger partial charge is 0.249 e. The quantitative estimate of drug-likeness (QED) is 0.759. The van der Waals surface area contributed by atoms with Crippen LogP contribution in [0.1, 0.15) is 32.1 Å². The summed E-state index contributed by atoms with van der Waals surface area (Å²) in [7, 11) is 0. The van der Waals surface area contributed by atoms with Gasteiger partial charge < -0.3 is 5.32 Å². The Balaban J connectivity index is 1.78. The van der Waals surface area contributed by atoms with E-state index in [9.17, 15) is 18.0 Å². The summed E-state index contributed by atoms with van der Waals surface area (Å²) in [6.07, 6.45) is 0.0641. The largest absolute Gasteiger partial charge is 0.350 e. The van der Waals surface area contributed by atoms with Crippen LogP contribution in [0.5, 0.6) is 0 Å². The highest BCUT2D eigenvalue weighted by molar-refractivity contribution is 5.80. The second-order valence-corrected chi connectivity index (χ2v) is 4.52. The lowest BCUT2D eigenvalue weighted by Crippen LogP contribution is -2.49. The summed E-state index contributed by atoms with van der Waals surface area (Å²) in [5.74, 6) is -3.71. The monoisotopic (exact) mass is 221 g/mol. The van der Waals surface area contributed by atoms with Crippen molar-refractivity contribution in [2.75, 3.05) is 0 Å². The van der Waals surface area contributed by atoms with Crippen molar-refractivity contribution >= 4 is 5.91 Å². The van der Waals surface area contributed by atoms with E-state index in [1.54, 1.807) is 0 Å². The highest BCUT2D eigenvalue weighted by atomic mass is 19.3. The van der Waals surface area contributed by atoms with Gasteiger partial charge in [-0.15, -0.1) is 0 Å². The van der Waals surface area contributed by atoms with Crippen molar-refractivity contribution < 1.29 is 18.0 Å². The van der Waals surface area contributed by atoms with E-state index >= 15 is 0 Å². The van der Waals surface area contributed by atoms with Gasteiger partial charge in [-0.2, -0.15) is 0 Å². The van der Waals surface area contributed by atoms with Crippen molar-refractivity contribution in [3.05, 3.63) is 0 Å². The summed E-state index contributed by atoms with van der Waals surface area (Å²) in [6, 6.07) is -0.452. The number of alkyl halides is 3. The number of halogens is 3. The predicted molar refractivity (Wildman–Crippen MR) is 48.3 cm³/mol. The van der Waals surface area contributed by atoms with E-state index in [0.717, 1.165) is 6.42 Å². The Morgan fingerprint density at radius 2 is 1.93 bits per heavy atom. The second-order valence-electron chi connectivity index (χ2n) is 4.52. The molecular weight excluding hydrogens is 207 g/mol. The van der Waals surface area contributed by atoms with Gasteiger partial charge in [-0.3, -0.25) is 4.79 Å². The maximum absolute atomic E-state index is 13.1. The van der Waals surface area contributed by atoms with Crippen LogP contribution < -0.4 is 5.32 Å². The Morgan fingerprint density at radius 3 is 2.40 bits per heavy atom. The SMILES string of the molecule is O=C(N[C@@H]1CCC[C@H]1F)C1CC(F)(F)C1. The summed E-state index contributed by atoms with van der Waals surface area (Å²) < 4.78 is 38.1. The Hall–Kier alpha value is -0.740. The fourth-order valence-electron chi connectivity index (χ4n) is 2.22. The molecule has 1 N–H and O–H groups in total. The van der Waals surface area contributed by atoms with Crippen molar-refractivity contribution in [2.45, 2.75) is 50.2 Å². The zero-order valence-corrected chi connectivity index (χ0v) is 8.31. The number of amides is 1. The summed E-state index contributed by atoms with van der Waals surface area (Å²) in [5, 5.41) is 2.52. The fourth-order valence-corrected chi connectivity index (χ4v) is 2.22. The number of rotatable bonds is 2. The fraction of sp³-hybridized carbons (Fsp3) is 0.900. The van der Waals surface area contributed by atoms with Gasteiger partial charge in [-0.1, -0.05) is 0 Å². The van der Waals surface area contributed by atoms with E-state index in [1.165, 1.54) is 0 Å². The normalized spacial score (nSPS) is 34.9. The highest BCUT2D eigenvalue weighted by Crippen LogP contribution is 2.42. The first-order valence-corrected chi connectivity index (χ1v) is 5.30. The molecule has 2 aliphatic carbocycles. The first kappa shape index (κ1) is 10.8.